The maximum atomic E-state index is 5.28. The van der Waals surface area contributed by atoms with E-state index in [1.165, 1.54) is 5.56 Å². The lowest BCUT2D eigenvalue weighted by Gasteiger charge is -2.12. The molecule has 3 nitrogen and oxygen atoms in total. The standard InChI is InChI=1S/C15H20N2O/c1-10(2)15-7-11(9-16-3)13-8-12(18-4)5-6-14(13)17-15/h5-8,10,16H,9H2,1-4H3. The number of ether oxygens (including phenoxy) is 1. The topological polar surface area (TPSA) is 34.2 Å². The van der Waals surface area contributed by atoms with Crippen LogP contribution in [0.25, 0.3) is 10.9 Å². The number of benzene rings is 1. The van der Waals surface area contributed by atoms with Gasteiger partial charge in [0, 0.05) is 17.6 Å². The van der Waals surface area contributed by atoms with Crippen molar-refractivity contribution in [1.29, 1.82) is 0 Å². The minimum absolute atomic E-state index is 0.437. The predicted molar refractivity (Wildman–Crippen MR) is 75.1 cm³/mol. The zero-order valence-corrected chi connectivity index (χ0v) is 11.4. The summed E-state index contributed by atoms with van der Waals surface area (Å²) in [6, 6.07) is 8.23. The van der Waals surface area contributed by atoms with Crippen molar-refractivity contribution < 1.29 is 4.74 Å². The quantitative estimate of drug-likeness (QED) is 0.897. The van der Waals surface area contributed by atoms with E-state index in [4.69, 9.17) is 9.72 Å². The molecule has 1 heterocycles. The highest BCUT2D eigenvalue weighted by Gasteiger charge is 2.09. The first kappa shape index (κ1) is 12.8. The minimum Gasteiger partial charge on any atom is -0.497 e. The van der Waals surface area contributed by atoms with Crippen molar-refractivity contribution in [3.05, 3.63) is 35.5 Å². The van der Waals surface area contributed by atoms with E-state index in [-0.39, 0.29) is 0 Å². The van der Waals surface area contributed by atoms with Crippen molar-refractivity contribution in [2.24, 2.45) is 0 Å². The van der Waals surface area contributed by atoms with E-state index < -0.39 is 0 Å². The van der Waals surface area contributed by atoms with Crippen molar-refractivity contribution in [3.8, 4) is 5.75 Å². The number of hydrogen-bond donors (Lipinski definition) is 1. The van der Waals surface area contributed by atoms with Crippen LogP contribution in [0.2, 0.25) is 0 Å². The van der Waals surface area contributed by atoms with Gasteiger partial charge in [0.2, 0.25) is 0 Å². The molecule has 0 amide bonds. The third-order valence-corrected chi connectivity index (χ3v) is 3.08. The number of aromatic nitrogens is 1. The Morgan fingerprint density at radius 2 is 2.06 bits per heavy atom. The highest BCUT2D eigenvalue weighted by atomic mass is 16.5. The van der Waals surface area contributed by atoms with Gasteiger partial charge in [-0.05, 0) is 42.8 Å². The molecule has 1 aromatic heterocycles. The Labute approximate surface area is 108 Å². The van der Waals surface area contributed by atoms with E-state index in [1.54, 1.807) is 7.11 Å². The Kier molecular flexibility index (Phi) is 3.82. The second-order valence-corrected chi connectivity index (χ2v) is 4.77. The molecular formula is C15H20N2O. The van der Waals surface area contributed by atoms with Crippen molar-refractivity contribution in [1.82, 2.24) is 10.3 Å². The smallest absolute Gasteiger partial charge is 0.119 e. The van der Waals surface area contributed by atoms with E-state index in [0.29, 0.717) is 5.92 Å². The summed E-state index contributed by atoms with van der Waals surface area (Å²) in [4.78, 5) is 4.71. The molecule has 18 heavy (non-hydrogen) atoms. The van der Waals surface area contributed by atoms with Crippen LogP contribution in [0, 0.1) is 0 Å². The summed E-state index contributed by atoms with van der Waals surface area (Å²) >= 11 is 0. The molecule has 0 aliphatic heterocycles. The summed E-state index contributed by atoms with van der Waals surface area (Å²) in [5.74, 6) is 1.31. The zero-order valence-electron chi connectivity index (χ0n) is 11.4. The molecule has 0 saturated carbocycles. The normalized spacial score (nSPS) is 11.2. The molecule has 96 valence electrons. The second-order valence-electron chi connectivity index (χ2n) is 4.77. The summed E-state index contributed by atoms with van der Waals surface area (Å²) < 4.78 is 5.28. The Bertz CT molecular complexity index is 549. The lowest BCUT2D eigenvalue weighted by atomic mass is 10.0. The molecule has 2 rings (SSSR count). The van der Waals surface area contributed by atoms with Crippen LogP contribution in [-0.4, -0.2) is 19.1 Å². The van der Waals surface area contributed by atoms with Crippen molar-refractivity contribution in [2.75, 3.05) is 14.2 Å². The highest BCUT2D eigenvalue weighted by molar-refractivity contribution is 5.84. The molecule has 0 atom stereocenters. The third-order valence-electron chi connectivity index (χ3n) is 3.08. The van der Waals surface area contributed by atoms with Crippen molar-refractivity contribution in [3.63, 3.8) is 0 Å². The first-order valence-electron chi connectivity index (χ1n) is 6.28. The van der Waals surface area contributed by atoms with Crippen LogP contribution in [0.1, 0.15) is 31.0 Å². The number of nitrogens with one attached hydrogen (secondary N) is 1. The molecule has 0 unspecified atom stereocenters. The van der Waals surface area contributed by atoms with Gasteiger partial charge in [0.25, 0.3) is 0 Å². The molecule has 2 aromatic rings. The summed E-state index contributed by atoms with van der Waals surface area (Å²) in [7, 11) is 3.65. The van der Waals surface area contributed by atoms with Gasteiger partial charge in [0.15, 0.2) is 0 Å². The van der Waals surface area contributed by atoms with Gasteiger partial charge in [-0.15, -0.1) is 0 Å². The van der Waals surface area contributed by atoms with Gasteiger partial charge in [-0.3, -0.25) is 4.98 Å². The number of hydrogen-bond acceptors (Lipinski definition) is 3. The number of nitrogens with zero attached hydrogens (tertiary/aromatic N) is 1. The highest BCUT2D eigenvalue weighted by Crippen LogP contribution is 2.26. The van der Waals surface area contributed by atoms with Gasteiger partial charge in [-0.25, -0.2) is 0 Å². The molecule has 0 aliphatic carbocycles. The van der Waals surface area contributed by atoms with Gasteiger partial charge in [-0.2, -0.15) is 0 Å². The predicted octanol–water partition coefficient (Wildman–Crippen LogP) is 3.09. The fraction of sp³-hybridized carbons (Fsp3) is 0.400. The van der Waals surface area contributed by atoms with Gasteiger partial charge >= 0.3 is 0 Å². The fourth-order valence-electron chi connectivity index (χ4n) is 2.06. The molecule has 1 N–H and O–H groups in total. The first-order chi connectivity index (χ1) is 8.65. The zero-order chi connectivity index (χ0) is 13.1. The average Bonchev–Trinajstić information content (AvgIpc) is 2.38. The summed E-state index contributed by atoms with van der Waals surface area (Å²) in [6.45, 7) is 5.17. The Hall–Kier alpha value is -1.61. The lowest BCUT2D eigenvalue weighted by molar-refractivity contribution is 0.415. The fourth-order valence-corrected chi connectivity index (χ4v) is 2.06. The molecular weight excluding hydrogens is 224 g/mol. The van der Waals surface area contributed by atoms with Crippen molar-refractivity contribution >= 4 is 10.9 Å². The van der Waals surface area contributed by atoms with Gasteiger partial charge in [0.1, 0.15) is 5.75 Å². The monoisotopic (exact) mass is 244 g/mol. The third kappa shape index (κ3) is 2.46. The lowest BCUT2D eigenvalue weighted by Crippen LogP contribution is -2.07. The molecule has 1 aromatic carbocycles. The number of fused-ring (bicyclic) bond motifs is 1. The maximum Gasteiger partial charge on any atom is 0.119 e. The minimum atomic E-state index is 0.437. The average molecular weight is 244 g/mol. The molecule has 0 bridgehead atoms. The molecule has 0 radical (unpaired) electrons. The maximum absolute atomic E-state index is 5.28. The molecule has 0 spiro atoms. The van der Waals surface area contributed by atoms with Gasteiger partial charge < -0.3 is 10.1 Å². The van der Waals surface area contributed by atoms with Crippen LogP contribution in [0.15, 0.2) is 24.3 Å². The summed E-state index contributed by atoms with van der Waals surface area (Å²) in [5, 5.41) is 4.37. The van der Waals surface area contributed by atoms with Crippen LogP contribution in [-0.2, 0) is 6.54 Å². The van der Waals surface area contributed by atoms with E-state index in [9.17, 15) is 0 Å². The van der Waals surface area contributed by atoms with E-state index in [0.717, 1.165) is 28.9 Å². The van der Waals surface area contributed by atoms with Crippen LogP contribution in [0.5, 0.6) is 5.75 Å². The van der Waals surface area contributed by atoms with Crippen LogP contribution >= 0.6 is 0 Å². The molecule has 0 aliphatic rings. The number of methoxy groups -OCH3 is 1. The van der Waals surface area contributed by atoms with E-state index in [2.05, 4.69) is 31.3 Å². The van der Waals surface area contributed by atoms with Crippen LogP contribution in [0.4, 0.5) is 0 Å². The molecule has 3 heteroatoms. The summed E-state index contributed by atoms with van der Waals surface area (Å²) in [5.41, 5.74) is 3.44. The SMILES string of the molecule is CNCc1cc(C(C)C)nc2ccc(OC)cc12. The number of rotatable bonds is 4. The van der Waals surface area contributed by atoms with Gasteiger partial charge in [0.05, 0.1) is 12.6 Å². The van der Waals surface area contributed by atoms with Crippen LogP contribution in [0.3, 0.4) is 0 Å². The summed E-state index contributed by atoms with van der Waals surface area (Å²) in [6.07, 6.45) is 0. The number of pyridine rings is 1. The molecule has 0 saturated heterocycles. The van der Waals surface area contributed by atoms with Crippen molar-refractivity contribution in [2.45, 2.75) is 26.3 Å². The second kappa shape index (κ2) is 5.36. The van der Waals surface area contributed by atoms with Gasteiger partial charge in [-0.1, -0.05) is 13.8 Å². The Morgan fingerprint density at radius 1 is 1.28 bits per heavy atom. The largest absolute Gasteiger partial charge is 0.497 e. The molecule has 0 fully saturated rings. The Morgan fingerprint density at radius 3 is 2.67 bits per heavy atom. The van der Waals surface area contributed by atoms with E-state index >= 15 is 0 Å². The Balaban J connectivity index is 2.64. The van der Waals surface area contributed by atoms with E-state index in [1.807, 2.05) is 19.2 Å². The first-order valence-corrected chi connectivity index (χ1v) is 6.28. The van der Waals surface area contributed by atoms with Crippen LogP contribution < -0.4 is 10.1 Å².